The number of benzene rings is 1. The summed E-state index contributed by atoms with van der Waals surface area (Å²) in [5.41, 5.74) is 5.57. The lowest BCUT2D eigenvalue weighted by molar-refractivity contribution is 0.253. The number of hydrogen-bond donors (Lipinski definition) is 3. The van der Waals surface area contributed by atoms with Crippen LogP contribution >= 0.6 is 0 Å². The zero-order valence-electron chi connectivity index (χ0n) is 9.35. The second kappa shape index (κ2) is 5.44. The molecular weight excluding hydrogens is 247 g/mol. The molecule has 0 saturated heterocycles. The van der Waals surface area contributed by atoms with E-state index in [1.165, 1.54) is 6.07 Å². The fourth-order valence-corrected chi connectivity index (χ4v) is 2.68. The van der Waals surface area contributed by atoms with Gasteiger partial charge >= 0.3 is 0 Å². The van der Waals surface area contributed by atoms with E-state index in [-0.39, 0.29) is 12.3 Å². The van der Waals surface area contributed by atoms with Crippen LogP contribution in [0.3, 0.4) is 0 Å². The van der Waals surface area contributed by atoms with Crippen molar-refractivity contribution < 1.29 is 17.9 Å². The lowest BCUT2D eigenvalue weighted by Crippen LogP contribution is -2.37. The van der Waals surface area contributed by atoms with Crippen LogP contribution in [0.15, 0.2) is 23.1 Å². The number of aliphatic hydroxyl groups excluding tert-OH is 1. The van der Waals surface area contributed by atoms with E-state index < -0.39 is 26.8 Å². The Balaban J connectivity index is 3.09. The van der Waals surface area contributed by atoms with Gasteiger partial charge in [0.25, 0.3) is 0 Å². The van der Waals surface area contributed by atoms with E-state index >= 15 is 0 Å². The topological polar surface area (TPSA) is 92.4 Å². The van der Waals surface area contributed by atoms with Crippen molar-refractivity contribution in [2.45, 2.75) is 24.3 Å². The molecule has 0 unspecified atom stereocenters. The predicted octanol–water partition coefficient (Wildman–Crippen LogP) is 0.457. The minimum absolute atomic E-state index is 0.156. The molecule has 0 fully saturated rings. The predicted molar refractivity (Wildman–Crippen MR) is 62.3 cm³/mol. The van der Waals surface area contributed by atoms with Crippen molar-refractivity contribution in [2.24, 2.45) is 0 Å². The number of aliphatic hydroxyl groups is 1. The average molecular weight is 262 g/mol. The van der Waals surface area contributed by atoms with Crippen LogP contribution in [0.5, 0.6) is 0 Å². The van der Waals surface area contributed by atoms with Gasteiger partial charge in [0.15, 0.2) is 0 Å². The second-order valence-corrected chi connectivity index (χ2v) is 5.28. The highest BCUT2D eigenvalue weighted by molar-refractivity contribution is 7.89. The number of halogens is 1. The van der Waals surface area contributed by atoms with Crippen LogP contribution < -0.4 is 10.5 Å². The Kier molecular flexibility index (Phi) is 4.44. The molecule has 1 aromatic carbocycles. The number of rotatable bonds is 5. The SMILES string of the molecule is CC[C@H](CO)NS(=O)(=O)c1cc(N)ccc1F. The van der Waals surface area contributed by atoms with Gasteiger partial charge < -0.3 is 10.8 Å². The molecule has 0 aliphatic carbocycles. The maximum atomic E-state index is 13.4. The van der Waals surface area contributed by atoms with Crippen molar-refractivity contribution in [3.63, 3.8) is 0 Å². The summed E-state index contributed by atoms with van der Waals surface area (Å²) in [4.78, 5) is -0.510. The Morgan fingerprint density at radius 2 is 2.18 bits per heavy atom. The molecule has 1 rings (SSSR count). The summed E-state index contributed by atoms with van der Waals surface area (Å²) < 4.78 is 39.2. The van der Waals surface area contributed by atoms with Gasteiger partial charge in [-0.2, -0.15) is 0 Å². The van der Waals surface area contributed by atoms with Crippen molar-refractivity contribution in [2.75, 3.05) is 12.3 Å². The summed E-state index contributed by atoms with van der Waals surface area (Å²) >= 11 is 0. The third-order valence-corrected chi connectivity index (χ3v) is 3.82. The molecule has 96 valence electrons. The van der Waals surface area contributed by atoms with Crippen LogP contribution in [0, 0.1) is 5.82 Å². The van der Waals surface area contributed by atoms with E-state index in [1.807, 2.05) is 0 Å². The summed E-state index contributed by atoms with van der Waals surface area (Å²) in [6.45, 7) is 1.36. The number of nitrogens with two attached hydrogens (primary N) is 1. The van der Waals surface area contributed by atoms with E-state index in [4.69, 9.17) is 10.8 Å². The van der Waals surface area contributed by atoms with Crippen LogP contribution in [0.25, 0.3) is 0 Å². The molecule has 0 radical (unpaired) electrons. The van der Waals surface area contributed by atoms with E-state index in [9.17, 15) is 12.8 Å². The first-order valence-electron chi connectivity index (χ1n) is 5.09. The van der Waals surface area contributed by atoms with Crippen molar-refractivity contribution in [1.82, 2.24) is 4.72 Å². The first kappa shape index (κ1) is 13.9. The number of anilines is 1. The minimum atomic E-state index is -4.00. The molecule has 0 aliphatic rings. The number of nitrogen functional groups attached to an aromatic ring is 1. The summed E-state index contributed by atoms with van der Waals surface area (Å²) in [5, 5.41) is 8.91. The minimum Gasteiger partial charge on any atom is -0.399 e. The fourth-order valence-electron chi connectivity index (χ4n) is 1.26. The Morgan fingerprint density at radius 3 is 2.71 bits per heavy atom. The lowest BCUT2D eigenvalue weighted by Gasteiger charge is -2.14. The standard InChI is InChI=1S/C10H15FN2O3S/c1-2-8(6-14)13-17(15,16)10-5-7(12)3-4-9(10)11/h3-5,8,13-14H,2,6,12H2,1H3/t8-/m1/s1. The lowest BCUT2D eigenvalue weighted by atomic mass is 10.3. The van der Waals surface area contributed by atoms with Crippen LogP contribution in [-0.2, 0) is 10.0 Å². The molecule has 0 spiro atoms. The Bertz CT molecular complexity index is 486. The summed E-state index contributed by atoms with van der Waals surface area (Å²) in [6, 6.07) is 2.67. The van der Waals surface area contributed by atoms with E-state index in [2.05, 4.69) is 4.72 Å². The molecule has 0 aromatic heterocycles. The highest BCUT2D eigenvalue weighted by atomic mass is 32.2. The number of nitrogens with one attached hydrogen (secondary N) is 1. The first-order valence-corrected chi connectivity index (χ1v) is 6.57. The molecule has 7 heteroatoms. The Morgan fingerprint density at radius 1 is 1.53 bits per heavy atom. The molecule has 1 atom stereocenters. The summed E-state index contributed by atoms with van der Waals surface area (Å²) in [7, 11) is -4.00. The summed E-state index contributed by atoms with van der Waals surface area (Å²) in [6.07, 6.45) is 0.402. The van der Waals surface area contributed by atoms with Gasteiger partial charge in [0.2, 0.25) is 10.0 Å². The molecule has 0 heterocycles. The molecule has 5 nitrogen and oxygen atoms in total. The van der Waals surface area contributed by atoms with E-state index in [0.717, 1.165) is 12.1 Å². The zero-order chi connectivity index (χ0) is 13.1. The van der Waals surface area contributed by atoms with Crippen molar-refractivity contribution >= 4 is 15.7 Å². The van der Waals surface area contributed by atoms with Crippen molar-refractivity contribution in [3.8, 4) is 0 Å². The summed E-state index contributed by atoms with van der Waals surface area (Å²) in [5.74, 6) is -0.875. The molecule has 0 amide bonds. The quantitative estimate of drug-likeness (QED) is 0.672. The average Bonchev–Trinajstić information content (AvgIpc) is 2.29. The molecule has 17 heavy (non-hydrogen) atoms. The Hall–Kier alpha value is -1.18. The zero-order valence-corrected chi connectivity index (χ0v) is 10.2. The Labute approximate surface area is 99.5 Å². The van der Waals surface area contributed by atoms with Gasteiger partial charge in [-0.25, -0.2) is 17.5 Å². The first-order chi connectivity index (χ1) is 7.90. The van der Waals surface area contributed by atoms with Gasteiger partial charge in [-0.05, 0) is 24.6 Å². The fraction of sp³-hybridized carbons (Fsp3) is 0.400. The number of sulfonamides is 1. The van der Waals surface area contributed by atoms with Crippen LogP contribution in [-0.4, -0.2) is 26.2 Å². The van der Waals surface area contributed by atoms with E-state index in [0.29, 0.717) is 6.42 Å². The molecule has 0 bridgehead atoms. The van der Waals surface area contributed by atoms with Gasteiger partial charge in [-0.15, -0.1) is 0 Å². The van der Waals surface area contributed by atoms with Crippen LogP contribution in [0.1, 0.15) is 13.3 Å². The normalized spacial score (nSPS) is 13.6. The van der Waals surface area contributed by atoms with Crippen LogP contribution in [0.2, 0.25) is 0 Å². The number of hydrogen-bond acceptors (Lipinski definition) is 4. The highest BCUT2D eigenvalue weighted by Crippen LogP contribution is 2.18. The molecule has 1 aromatic rings. The molecule has 4 N–H and O–H groups in total. The molecule has 0 aliphatic heterocycles. The third kappa shape index (κ3) is 3.39. The van der Waals surface area contributed by atoms with Crippen LogP contribution in [0.4, 0.5) is 10.1 Å². The van der Waals surface area contributed by atoms with Gasteiger partial charge in [0.1, 0.15) is 10.7 Å². The van der Waals surface area contributed by atoms with Gasteiger partial charge in [-0.1, -0.05) is 6.92 Å². The highest BCUT2D eigenvalue weighted by Gasteiger charge is 2.22. The smallest absolute Gasteiger partial charge is 0.243 e. The third-order valence-electron chi connectivity index (χ3n) is 2.28. The maximum absolute atomic E-state index is 13.4. The molecular formula is C10H15FN2O3S. The molecule has 0 saturated carbocycles. The second-order valence-electron chi connectivity index (χ2n) is 3.60. The monoisotopic (exact) mass is 262 g/mol. The van der Waals surface area contributed by atoms with Gasteiger partial charge in [0.05, 0.1) is 6.61 Å². The van der Waals surface area contributed by atoms with Gasteiger partial charge in [-0.3, -0.25) is 0 Å². The maximum Gasteiger partial charge on any atom is 0.243 e. The van der Waals surface area contributed by atoms with Crippen molar-refractivity contribution in [1.29, 1.82) is 0 Å². The van der Waals surface area contributed by atoms with E-state index in [1.54, 1.807) is 6.92 Å². The van der Waals surface area contributed by atoms with Crippen molar-refractivity contribution in [3.05, 3.63) is 24.0 Å². The largest absolute Gasteiger partial charge is 0.399 e. The van der Waals surface area contributed by atoms with Gasteiger partial charge in [0, 0.05) is 11.7 Å².